The average molecular weight is 307 g/mol. The van der Waals surface area contributed by atoms with Gasteiger partial charge in [-0.25, -0.2) is 0 Å². The van der Waals surface area contributed by atoms with Crippen LogP contribution in [0.1, 0.15) is 10.4 Å². The van der Waals surface area contributed by atoms with Gasteiger partial charge in [0.15, 0.2) is 12.4 Å². The quantitative estimate of drug-likeness (QED) is 0.628. The fraction of sp³-hybridized carbons (Fsp3) is 0.200. The Morgan fingerprint density at radius 1 is 1.33 bits per heavy atom. The topological polar surface area (TPSA) is 56.5 Å². The first kappa shape index (κ1) is 15.1. The van der Waals surface area contributed by atoms with E-state index in [9.17, 15) is 10.0 Å². The van der Waals surface area contributed by atoms with Gasteiger partial charge in [0.1, 0.15) is 12.4 Å². The lowest BCUT2D eigenvalue weighted by atomic mass is 10.2. The molecule has 1 aromatic heterocycles. The van der Waals surface area contributed by atoms with Crippen molar-refractivity contribution in [2.24, 2.45) is 0 Å². The van der Waals surface area contributed by atoms with Crippen molar-refractivity contribution in [1.82, 2.24) is 4.90 Å². The minimum absolute atomic E-state index is 0.162. The zero-order chi connectivity index (χ0) is 15.2. The maximum absolute atomic E-state index is 12.1. The maximum atomic E-state index is 12.1. The van der Waals surface area contributed by atoms with E-state index in [0.29, 0.717) is 34.2 Å². The van der Waals surface area contributed by atoms with E-state index in [2.05, 4.69) is 0 Å². The van der Waals surface area contributed by atoms with Crippen molar-refractivity contribution in [3.63, 3.8) is 0 Å². The molecule has 110 valence electrons. The van der Waals surface area contributed by atoms with Crippen LogP contribution in [-0.2, 0) is 0 Å². The highest BCUT2D eigenvalue weighted by Gasteiger charge is 2.12. The van der Waals surface area contributed by atoms with Gasteiger partial charge in [-0.15, -0.1) is 0 Å². The van der Waals surface area contributed by atoms with Gasteiger partial charge >= 0.3 is 0 Å². The number of aromatic nitrogens is 1. The first-order valence-corrected chi connectivity index (χ1v) is 6.77. The number of halogens is 1. The second-order valence-electron chi connectivity index (χ2n) is 4.48. The molecule has 0 saturated carbocycles. The lowest BCUT2D eigenvalue weighted by Crippen LogP contribution is -2.32. The normalized spacial score (nSPS) is 10.2. The minimum atomic E-state index is -0.162. The molecule has 0 atom stereocenters. The van der Waals surface area contributed by atoms with Crippen LogP contribution in [0.2, 0.25) is 5.02 Å². The number of carbonyl (C=O) groups is 1. The highest BCUT2D eigenvalue weighted by Crippen LogP contribution is 2.16. The van der Waals surface area contributed by atoms with Crippen molar-refractivity contribution in [3.05, 3.63) is 64.6 Å². The zero-order valence-electron chi connectivity index (χ0n) is 11.5. The molecule has 0 unspecified atom stereocenters. The maximum Gasteiger partial charge on any atom is 0.254 e. The summed E-state index contributed by atoms with van der Waals surface area (Å²) >= 11 is 5.86. The number of nitrogens with zero attached hydrogens (tertiary/aromatic N) is 2. The molecular weight excluding hydrogens is 292 g/mol. The van der Waals surface area contributed by atoms with E-state index in [0.717, 1.165) is 0 Å². The Kier molecular flexibility index (Phi) is 5.00. The van der Waals surface area contributed by atoms with Crippen LogP contribution < -0.4 is 9.47 Å². The van der Waals surface area contributed by atoms with Crippen molar-refractivity contribution in [3.8, 4) is 5.75 Å². The minimum Gasteiger partial charge on any atom is -0.619 e. The van der Waals surface area contributed by atoms with Gasteiger partial charge in [-0.05, 0) is 18.2 Å². The second kappa shape index (κ2) is 6.95. The Morgan fingerprint density at radius 3 is 2.71 bits per heavy atom. The van der Waals surface area contributed by atoms with Gasteiger partial charge in [0, 0.05) is 24.2 Å². The Bertz CT molecular complexity index is 617. The molecule has 5 nitrogen and oxygen atoms in total. The molecule has 1 amide bonds. The fourth-order valence-corrected chi connectivity index (χ4v) is 1.91. The van der Waals surface area contributed by atoms with Gasteiger partial charge in [-0.1, -0.05) is 17.7 Å². The molecule has 1 heterocycles. The van der Waals surface area contributed by atoms with Crippen LogP contribution >= 0.6 is 11.6 Å². The van der Waals surface area contributed by atoms with E-state index >= 15 is 0 Å². The van der Waals surface area contributed by atoms with Gasteiger partial charge in [-0.3, -0.25) is 4.79 Å². The molecule has 0 aliphatic carbocycles. The summed E-state index contributed by atoms with van der Waals surface area (Å²) in [6, 6.07) is 10.1. The van der Waals surface area contributed by atoms with E-state index in [1.165, 1.54) is 29.4 Å². The van der Waals surface area contributed by atoms with Gasteiger partial charge in [0.2, 0.25) is 0 Å². The van der Waals surface area contributed by atoms with Gasteiger partial charge in [0.05, 0.1) is 12.1 Å². The number of rotatable bonds is 5. The summed E-state index contributed by atoms with van der Waals surface area (Å²) in [6.45, 7) is 0.786. The molecule has 0 N–H and O–H groups in total. The van der Waals surface area contributed by atoms with E-state index in [4.69, 9.17) is 16.3 Å². The number of pyridine rings is 1. The van der Waals surface area contributed by atoms with Crippen molar-refractivity contribution < 1.29 is 14.3 Å². The monoisotopic (exact) mass is 306 g/mol. The summed E-state index contributed by atoms with van der Waals surface area (Å²) in [5.74, 6) is 0.501. The van der Waals surface area contributed by atoms with Gasteiger partial charge in [-0.2, -0.15) is 4.73 Å². The summed E-state index contributed by atoms with van der Waals surface area (Å²) in [7, 11) is 1.68. The van der Waals surface area contributed by atoms with Crippen LogP contribution in [-0.4, -0.2) is 31.0 Å². The molecule has 0 radical (unpaired) electrons. The SMILES string of the molecule is CN(CCOc1cccc(Cl)c1)C(=O)c1cc[n+]([O-])cc1. The summed E-state index contributed by atoms with van der Waals surface area (Å²) < 4.78 is 6.17. The van der Waals surface area contributed by atoms with Crippen LogP contribution in [0.25, 0.3) is 0 Å². The van der Waals surface area contributed by atoms with E-state index in [1.54, 1.807) is 31.3 Å². The lowest BCUT2D eigenvalue weighted by molar-refractivity contribution is -0.605. The number of hydrogen-bond acceptors (Lipinski definition) is 3. The second-order valence-corrected chi connectivity index (χ2v) is 4.92. The molecule has 2 rings (SSSR count). The number of hydrogen-bond donors (Lipinski definition) is 0. The summed E-state index contributed by atoms with van der Waals surface area (Å²) in [5.41, 5.74) is 0.465. The molecule has 0 saturated heterocycles. The van der Waals surface area contributed by atoms with Crippen molar-refractivity contribution >= 4 is 17.5 Å². The molecule has 0 bridgehead atoms. The third-order valence-electron chi connectivity index (χ3n) is 2.89. The summed E-state index contributed by atoms with van der Waals surface area (Å²) in [4.78, 5) is 13.6. The molecule has 0 fully saturated rings. The molecule has 2 aromatic rings. The Morgan fingerprint density at radius 2 is 2.05 bits per heavy atom. The highest BCUT2D eigenvalue weighted by molar-refractivity contribution is 6.30. The summed E-state index contributed by atoms with van der Waals surface area (Å²) in [6.07, 6.45) is 2.59. The van der Waals surface area contributed by atoms with Crippen LogP contribution in [0.5, 0.6) is 5.75 Å². The standard InChI is InChI=1S/C15H15ClN2O3/c1-17(15(19)12-5-7-18(20)8-6-12)9-10-21-14-4-2-3-13(16)11-14/h2-8,11H,9-10H2,1H3. The third-order valence-corrected chi connectivity index (χ3v) is 3.12. The Hall–Kier alpha value is -2.27. The first-order chi connectivity index (χ1) is 10.1. The van der Waals surface area contributed by atoms with E-state index in [-0.39, 0.29) is 5.91 Å². The fourth-order valence-electron chi connectivity index (χ4n) is 1.73. The Balaban J connectivity index is 1.85. The van der Waals surface area contributed by atoms with Crippen molar-refractivity contribution in [2.45, 2.75) is 0 Å². The molecule has 0 spiro atoms. The number of carbonyl (C=O) groups excluding carboxylic acids is 1. The van der Waals surface area contributed by atoms with Gasteiger partial charge < -0.3 is 14.8 Å². The van der Waals surface area contributed by atoms with Crippen molar-refractivity contribution in [1.29, 1.82) is 0 Å². The third kappa shape index (κ3) is 4.36. The lowest BCUT2D eigenvalue weighted by Gasteiger charge is -2.17. The van der Waals surface area contributed by atoms with Crippen LogP contribution in [0, 0.1) is 5.21 Å². The molecular formula is C15H15ClN2O3. The van der Waals surface area contributed by atoms with E-state index in [1.807, 2.05) is 0 Å². The summed E-state index contributed by atoms with van der Waals surface area (Å²) in [5, 5.41) is 11.5. The number of amides is 1. The first-order valence-electron chi connectivity index (χ1n) is 6.39. The molecule has 21 heavy (non-hydrogen) atoms. The number of benzene rings is 1. The zero-order valence-corrected chi connectivity index (χ0v) is 12.3. The number of likely N-dealkylation sites (N-methyl/N-ethyl adjacent to an activating group) is 1. The molecule has 1 aromatic carbocycles. The molecule has 6 heteroatoms. The largest absolute Gasteiger partial charge is 0.619 e. The predicted molar refractivity (Wildman–Crippen MR) is 79.3 cm³/mol. The van der Waals surface area contributed by atoms with E-state index < -0.39 is 0 Å². The van der Waals surface area contributed by atoms with Gasteiger partial charge in [0.25, 0.3) is 5.91 Å². The molecule has 0 aliphatic heterocycles. The van der Waals surface area contributed by atoms with Crippen LogP contribution in [0.15, 0.2) is 48.8 Å². The smallest absolute Gasteiger partial charge is 0.254 e. The molecule has 0 aliphatic rings. The predicted octanol–water partition coefficient (Wildman–Crippen LogP) is 2.12. The van der Waals surface area contributed by atoms with Crippen molar-refractivity contribution in [2.75, 3.05) is 20.2 Å². The highest BCUT2D eigenvalue weighted by atomic mass is 35.5. The Labute approximate surface area is 127 Å². The average Bonchev–Trinajstić information content (AvgIpc) is 2.47. The van der Waals surface area contributed by atoms with Crippen LogP contribution in [0.3, 0.4) is 0 Å². The van der Waals surface area contributed by atoms with Crippen LogP contribution in [0.4, 0.5) is 0 Å². The number of ether oxygens (including phenoxy) is 1.